The number of primary amides is 1. The van der Waals surface area contributed by atoms with Crippen LogP contribution in [-0.2, 0) is 17.6 Å². The fraction of sp³-hybridized carbons (Fsp3) is 0.478. The second kappa shape index (κ2) is 8.39. The van der Waals surface area contributed by atoms with Crippen molar-refractivity contribution in [2.45, 2.75) is 57.9 Å². The first-order chi connectivity index (χ1) is 14.5. The summed E-state index contributed by atoms with van der Waals surface area (Å²) in [4.78, 5) is 29.3. The molecule has 30 heavy (non-hydrogen) atoms. The fourth-order valence-electron chi connectivity index (χ4n) is 4.85. The van der Waals surface area contributed by atoms with Crippen molar-refractivity contribution in [2.75, 3.05) is 18.0 Å². The second-order valence-electron chi connectivity index (χ2n) is 8.15. The van der Waals surface area contributed by atoms with E-state index in [0.717, 1.165) is 61.6 Å². The maximum atomic E-state index is 15.4. The Kier molecular flexibility index (Phi) is 5.67. The molecule has 0 spiro atoms. The molecule has 2 heterocycles. The molecule has 1 aromatic carbocycles. The number of aromatic nitrogens is 1. The Labute approximate surface area is 175 Å². The zero-order chi connectivity index (χ0) is 21.3. The summed E-state index contributed by atoms with van der Waals surface area (Å²) in [5, 5.41) is 3.70. The third kappa shape index (κ3) is 3.74. The van der Waals surface area contributed by atoms with Gasteiger partial charge in [-0.2, -0.15) is 0 Å². The number of benzene rings is 1. The first-order valence-corrected chi connectivity index (χ1v) is 10.6. The molecule has 7 heteroatoms. The van der Waals surface area contributed by atoms with E-state index in [2.05, 4.69) is 22.1 Å². The quantitative estimate of drug-likeness (QED) is 0.537. The molecular formula is C23H27FN4O2. The summed E-state index contributed by atoms with van der Waals surface area (Å²) in [5.41, 5.74) is 9.09. The van der Waals surface area contributed by atoms with Crippen LogP contribution >= 0.6 is 0 Å². The van der Waals surface area contributed by atoms with E-state index < -0.39 is 11.7 Å². The van der Waals surface area contributed by atoms with Crippen molar-refractivity contribution in [1.29, 1.82) is 0 Å². The van der Waals surface area contributed by atoms with E-state index >= 15 is 4.39 Å². The first-order valence-electron chi connectivity index (χ1n) is 10.6. The molecule has 1 fully saturated rings. The minimum atomic E-state index is -0.635. The van der Waals surface area contributed by atoms with E-state index in [9.17, 15) is 9.59 Å². The number of aryl methyl sites for hydroxylation is 2. The maximum Gasteiger partial charge on any atom is 0.296 e. The lowest BCUT2D eigenvalue weighted by Crippen LogP contribution is -2.47. The molecule has 0 saturated carbocycles. The highest BCUT2D eigenvalue weighted by atomic mass is 19.1. The van der Waals surface area contributed by atoms with Crippen LogP contribution in [0.3, 0.4) is 0 Å². The van der Waals surface area contributed by atoms with Crippen LogP contribution in [0, 0.1) is 17.7 Å². The monoisotopic (exact) mass is 410 g/mol. The molecule has 1 aliphatic heterocycles. The van der Waals surface area contributed by atoms with Gasteiger partial charge < -0.3 is 20.9 Å². The van der Waals surface area contributed by atoms with Gasteiger partial charge in [-0.3, -0.25) is 9.59 Å². The number of halogens is 1. The van der Waals surface area contributed by atoms with Crippen LogP contribution in [0.5, 0.6) is 0 Å². The predicted octanol–water partition coefficient (Wildman–Crippen LogP) is 2.78. The number of carbonyl (C=O) groups excluding carboxylic acids is 2. The molecule has 4 rings (SSSR count). The lowest BCUT2D eigenvalue weighted by molar-refractivity contribution is -0.116. The highest BCUT2D eigenvalue weighted by molar-refractivity contribution is 6.10. The lowest BCUT2D eigenvalue weighted by Gasteiger charge is -2.35. The summed E-state index contributed by atoms with van der Waals surface area (Å²) in [6.45, 7) is 2.81. The minimum Gasteiger partial charge on any atom is -0.367 e. The van der Waals surface area contributed by atoms with Crippen molar-refractivity contribution in [3.8, 4) is 11.8 Å². The summed E-state index contributed by atoms with van der Waals surface area (Å²) in [7, 11) is 0. The Bertz CT molecular complexity index is 1060. The zero-order valence-electron chi connectivity index (χ0n) is 17.2. The standard InChI is InChI=1S/C23H27FN4O2/c1-2-7-19(29)26-14-8-6-11-28(13-14)22-17(24)12-16(23(25)30)21-20(22)15-9-4-3-5-10-18(15)27-21/h12,14,27H,3-6,8-11,13H2,1H3,(H2,25,30)(H,26,29). The Morgan fingerprint density at radius 1 is 1.27 bits per heavy atom. The minimum absolute atomic E-state index is 0.102. The molecule has 2 amide bonds. The molecule has 1 unspecified atom stereocenters. The van der Waals surface area contributed by atoms with Gasteiger partial charge in [-0.05, 0) is 63.0 Å². The van der Waals surface area contributed by atoms with Crippen LogP contribution in [0.25, 0.3) is 10.9 Å². The smallest absolute Gasteiger partial charge is 0.296 e. The lowest BCUT2D eigenvalue weighted by atomic mass is 9.98. The van der Waals surface area contributed by atoms with E-state index in [4.69, 9.17) is 5.73 Å². The molecule has 158 valence electrons. The van der Waals surface area contributed by atoms with Gasteiger partial charge in [-0.25, -0.2) is 4.39 Å². The molecule has 1 atom stereocenters. The van der Waals surface area contributed by atoms with E-state index in [0.29, 0.717) is 24.3 Å². The van der Waals surface area contributed by atoms with Crippen molar-refractivity contribution in [3.63, 3.8) is 0 Å². The number of carbonyl (C=O) groups is 2. The molecule has 1 aromatic heterocycles. The number of piperidine rings is 1. The number of nitrogens with zero attached hydrogens (tertiary/aromatic N) is 1. The summed E-state index contributed by atoms with van der Waals surface area (Å²) in [6, 6.07) is 1.15. The van der Waals surface area contributed by atoms with Crippen molar-refractivity contribution < 1.29 is 14.0 Å². The number of hydrogen-bond donors (Lipinski definition) is 3. The highest BCUT2D eigenvalue weighted by Gasteiger charge is 2.29. The Morgan fingerprint density at radius 3 is 2.83 bits per heavy atom. The van der Waals surface area contributed by atoms with Crippen LogP contribution < -0.4 is 16.0 Å². The van der Waals surface area contributed by atoms with Gasteiger partial charge in [0.25, 0.3) is 11.8 Å². The summed E-state index contributed by atoms with van der Waals surface area (Å²) in [5.74, 6) is 3.72. The maximum absolute atomic E-state index is 15.4. The van der Waals surface area contributed by atoms with Crippen LogP contribution in [0.15, 0.2) is 6.07 Å². The van der Waals surface area contributed by atoms with Gasteiger partial charge in [-0.1, -0.05) is 12.3 Å². The molecule has 0 radical (unpaired) electrons. The van der Waals surface area contributed by atoms with Crippen molar-refractivity contribution in [3.05, 3.63) is 28.7 Å². The van der Waals surface area contributed by atoms with E-state index in [-0.39, 0.29) is 17.5 Å². The topological polar surface area (TPSA) is 91.2 Å². The number of hydrogen-bond acceptors (Lipinski definition) is 3. The molecule has 1 aliphatic carbocycles. The Hall–Kier alpha value is -3.01. The largest absolute Gasteiger partial charge is 0.367 e. The SMILES string of the molecule is CC#CC(=O)NC1CCCN(c2c(F)cc(C(N)=O)c3[nH]c4c(c23)CCCCC4)C1. The summed E-state index contributed by atoms with van der Waals surface area (Å²) < 4.78 is 15.4. The van der Waals surface area contributed by atoms with E-state index in [1.165, 1.54) is 6.07 Å². The molecule has 2 aromatic rings. The van der Waals surface area contributed by atoms with Crippen molar-refractivity contribution in [2.24, 2.45) is 5.73 Å². The number of amides is 2. The first kappa shape index (κ1) is 20.3. The van der Waals surface area contributed by atoms with Gasteiger partial charge in [0.15, 0.2) is 0 Å². The Morgan fingerprint density at radius 2 is 2.07 bits per heavy atom. The molecule has 6 nitrogen and oxygen atoms in total. The second-order valence-corrected chi connectivity index (χ2v) is 8.15. The van der Waals surface area contributed by atoms with Crippen molar-refractivity contribution in [1.82, 2.24) is 10.3 Å². The molecular weight excluding hydrogens is 383 g/mol. The molecule has 1 saturated heterocycles. The number of rotatable bonds is 3. The average molecular weight is 410 g/mol. The summed E-state index contributed by atoms with van der Waals surface area (Å²) >= 11 is 0. The van der Waals surface area contributed by atoms with E-state index in [1.807, 2.05) is 4.90 Å². The zero-order valence-corrected chi connectivity index (χ0v) is 17.2. The number of anilines is 1. The molecule has 2 aliphatic rings. The number of nitrogens with two attached hydrogens (primary N) is 1. The average Bonchev–Trinajstić information content (AvgIpc) is 2.90. The van der Waals surface area contributed by atoms with Crippen LogP contribution in [0.4, 0.5) is 10.1 Å². The van der Waals surface area contributed by atoms with Gasteiger partial charge in [0.2, 0.25) is 0 Å². The number of fused-ring (bicyclic) bond motifs is 3. The van der Waals surface area contributed by atoms with E-state index in [1.54, 1.807) is 6.92 Å². The van der Waals surface area contributed by atoms with Crippen molar-refractivity contribution >= 4 is 28.4 Å². The number of nitrogens with one attached hydrogen (secondary N) is 2. The third-order valence-electron chi connectivity index (χ3n) is 6.13. The van der Waals surface area contributed by atoms with Gasteiger partial charge >= 0.3 is 0 Å². The van der Waals surface area contributed by atoms with Gasteiger partial charge in [0, 0.05) is 30.2 Å². The van der Waals surface area contributed by atoms with Crippen LogP contribution in [0.2, 0.25) is 0 Å². The van der Waals surface area contributed by atoms with Gasteiger partial charge in [0.1, 0.15) is 5.82 Å². The van der Waals surface area contributed by atoms with Gasteiger partial charge in [0.05, 0.1) is 16.8 Å². The highest BCUT2D eigenvalue weighted by Crippen LogP contribution is 2.39. The van der Waals surface area contributed by atoms with Crippen LogP contribution in [-0.4, -0.2) is 35.9 Å². The summed E-state index contributed by atoms with van der Waals surface area (Å²) in [6.07, 6.45) is 6.63. The number of H-pyrrole nitrogens is 1. The van der Waals surface area contributed by atoms with Crippen LogP contribution in [0.1, 0.15) is 60.6 Å². The predicted molar refractivity (Wildman–Crippen MR) is 115 cm³/mol. The molecule has 0 bridgehead atoms. The fourth-order valence-corrected chi connectivity index (χ4v) is 4.85. The van der Waals surface area contributed by atoms with Gasteiger partial charge in [-0.15, -0.1) is 0 Å². The third-order valence-corrected chi connectivity index (χ3v) is 6.13. The number of aromatic amines is 1. The Balaban J connectivity index is 1.79. The molecule has 4 N–H and O–H groups in total. The normalized spacial score (nSPS) is 18.9.